The van der Waals surface area contributed by atoms with E-state index in [1.54, 1.807) is 6.07 Å². The third-order valence-corrected chi connectivity index (χ3v) is 3.35. The van der Waals surface area contributed by atoms with Gasteiger partial charge in [0, 0.05) is 11.3 Å². The fourth-order valence-corrected chi connectivity index (χ4v) is 2.16. The molecule has 1 aromatic carbocycles. The van der Waals surface area contributed by atoms with Crippen LogP contribution in [0, 0.1) is 5.82 Å². The first-order chi connectivity index (χ1) is 9.86. The second-order valence-corrected chi connectivity index (χ2v) is 5.63. The van der Waals surface area contributed by atoms with Crippen molar-refractivity contribution in [2.45, 2.75) is 19.8 Å². The van der Waals surface area contributed by atoms with Crippen LogP contribution in [-0.2, 0) is 0 Å². The first-order valence-electron chi connectivity index (χ1n) is 6.30. The van der Waals surface area contributed by atoms with Crippen molar-refractivity contribution >= 4 is 34.8 Å². The molecule has 0 unspecified atom stereocenters. The van der Waals surface area contributed by atoms with E-state index in [1.807, 2.05) is 13.8 Å². The minimum atomic E-state index is -0.466. The van der Waals surface area contributed by atoms with E-state index in [1.165, 1.54) is 18.2 Å². The summed E-state index contributed by atoms with van der Waals surface area (Å²) in [5.41, 5.74) is 1.43. The zero-order chi connectivity index (χ0) is 15.6. The van der Waals surface area contributed by atoms with Gasteiger partial charge in [-0.05, 0) is 36.2 Å². The fourth-order valence-electron chi connectivity index (χ4n) is 1.73. The highest BCUT2D eigenvalue weighted by Crippen LogP contribution is 2.24. The molecular formula is C15H13Cl2FN2O. The standard InChI is InChI=1S/C15H13Cl2FN2O/c1-8(2)13-5-9(6-14(17)19-13)15(21)20-12-4-3-10(18)7-11(12)16/h3-8H,1-2H3,(H,20,21). The van der Waals surface area contributed by atoms with E-state index in [0.717, 1.165) is 11.8 Å². The summed E-state index contributed by atoms with van der Waals surface area (Å²) in [4.78, 5) is 16.4. The summed E-state index contributed by atoms with van der Waals surface area (Å²) in [5.74, 6) is -0.702. The quantitative estimate of drug-likeness (QED) is 0.815. The van der Waals surface area contributed by atoms with E-state index >= 15 is 0 Å². The van der Waals surface area contributed by atoms with Gasteiger partial charge in [-0.3, -0.25) is 4.79 Å². The lowest BCUT2D eigenvalue weighted by molar-refractivity contribution is 0.102. The monoisotopic (exact) mass is 326 g/mol. The molecule has 0 fully saturated rings. The lowest BCUT2D eigenvalue weighted by Crippen LogP contribution is -2.13. The van der Waals surface area contributed by atoms with Gasteiger partial charge in [-0.25, -0.2) is 9.37 Å². The largest absolute Gasteiger partial charge is 0.321 e. The number of benzene rings is 1. The highest BCUT2D eigenvalue weighted by Gasteiger charge is 2.13. The molecule has 0 bridgehead atoms. The second kappa shape index (κ2) is 6.41. The molecule has 0 radical (unpaired) electrons. The van der Waals surface area contributed by atoms with Crippen molar-refractivity contribution in [2.75, 3.05) is 5.32 Å². The van der Waals surface area contributed by atoms with Gasteiger partial charge in [0.25, 0.3) is 5.91 Å². The molecule has 110 valence electrons. The van der Waals surface area contributed by atoms with Crippen molar-refractivity contribution < 1.29 is 9.18 Å². The molecule has 21 heavy (non-hydrogen) atoms. The summed E-state index contributed by atoms with van der Waals surface area (Å²) in [6, 6.07) is 6.90. The number of rotatable bonds is 3. The Morgan fingerprint density at radius 3 is 2.57 bits per heavy atom. The van der Waals surface area contributed by atoms with Crippen molar-refractivity contribution in [3.63, 3.8) is 0 Å². The van der Waals surface area contributed by atoms with E-state index in [-0.39, 0.29) is 22.0 Å². The minimum absolute atomic E-state index is 0.132. The molecule has 0 saturated carbocycles. The van der Waals surface area contributed by atoms with Crippen LogP contribution in [0.2, 0.25) is 10.2 Å². The van der Waals surface area contributed by atoms with Crippen molar-refractivity contribution in [3.05, 3.63) is 57.6 Å². The van der Waals surface area contributed by atoms with Crippen molar-refractivity contribution in [3.8, 4) is 0 Å². The van der Waals surface area contributed by atoms with Gasteiger partial charge < -0.3 is 5.32 Å². The first kappa shape index (κ1) is 15.7. The van der Waals surface area contributed by atoms with Crippen LogP contribution in [0.5, 0.6) is 0 Å². The molecular weight excluding hydrogens is 314 g/mol. The summed E-state index contributed by atoms with van der Waals surface area (Å²) >= 11 is 11.8. The molecule has 3 nitrogen and oxygen atoms in total. The molecule has 0 aliphatic carbocycles. The molecule has 1 heterocycles. The van der Waals surface area contributed by atoms with E-state index in [9.17, 15) is 9.18 Å². The van der Waals surface area contributed by atoms with Gasteiger partial charge in [-0.2, -0.15) is 0 Å². The summed E-state index contributed by atoms with van der Waals surface area (Å²) in [5, 5.41) is 3.00. The summed E-state index contributed by atoms with van der Waals surface area (Å²) in [6.07, 6.45) is 0. The van der Waals surface area contributed by atoms with Crippen LogP contribution in [0.25, 0.3) is 0 Å². The highest BCUT2D eigenvalue weighted by molar-refractivity contribution is 6.34. The molecule has 1 aromatic heterocycles. The predicted octanol–water partition coefficient (Wildman–Crippen LogP) is 4.90. The normalized spacial score (nSPS) is 10.8. The Balaban J connectivity index is 2.28. The lowest BCUT2D eigenvalue weighted by atomic mass is 10.1. The molecule has 0 aliphatic heterocycles. The number of nitrogens with zero attached hydrogens (tertiary/aromatic N) is 1. The Morgan fingerprint density at radius 2 is 1.95 bits per heavy atom. The maximum absolute atomic E-state index is 13.0. The third-order valence-electron chi connectivity index (χ3n) is 2.85. The molecule has 0 aliphatic rings. The SMILES string of the molecule is CC(C)c1cc(C(=O)Nc2ccc(F)cc2Cl)cc(Cl)n1. The molecule has 0 saturated heterocycles. The van der Waals surface area contributed by atoms with Crippen molar-refractivity contribution in [1.29, 1.82) is 0 Å². The van der Waals surface area contributed by atoms with Gasteiger partial charge in [-0.15, -0.1) is 0 Å². The molecule has 0 spiro atoms. The van der Waals surface area contributed by atoms with Crippen LogP contribution in [0.4, 0.5) is 10.1 Å². The van der Waals surface area contributed by atoms with Gasteiger partial charge in [0.05, 0.1) is 10.7 Å². The number of hydrogen-bond donors (Lipinski definition) is 1. The second-order valence-electron chi connectivity index (χ2n) is 4.84. The van der Waals surface area contributed by atoms with E-state index < -0.39 is 5.82 Å². The summed E-state index contributed by atoms with van der Waals surface area (Å²) in [6.45, 7) is 3.91. The van der Waals surface area contributed by atoms with Gasteiger partial charge >= 0.3 is 0 Å². The number of pyridine rings is 1. The van der Waals surface area contributed by atoms with Crippen LogP contribution < -0.4 is 5.32 Å². The number of halogens is 3. The van der Waals surface area contributed by atoms with E-state index in [4.69, 9.17) is 23.2 Å². The number of carbonyl (C=O) groups excluding carboxylic acids is 1. The van der Waals surface area contributed by atoms with Crippen LogP contribution in [0.3, 0.4) is 0 Å². The summed E-state index contributed by atoms with van der Waals surface area (Å²) in [7, 11) is 0. The number of hydrogen-bond acceptors (Lipinski definition) is 2. The molecule has 6 heteroatoms. The van der Waals surface area contributed by atoms with Crippen LogP contribution >= 0.6 is 23.2 Å². The molecule has 2 aromatic rings. The van der Waals surface area contributed by atoms with Gasteiger partial charge in [0.2, 0.25) is 0 Å². The highest BCUT2D eigenvalue weighted by atomic mass is 35.5. The Labute approximate surface area is 132 Å². The molecule has 1 amide bonds. The zero-order valence-corrected chi connectivity index (χ0v) is 13.0. The first-order valence-corrected chi connectivity index (χ1v) is 7.06. The maximum atomic E-state index is 13.0. The number of nitrogens with one attached hydrogen (secondary N) is 1. The number of aromatic nitrogens is 1. The number of carbonyl (C=O) groups is 1. The average molecular weight is 327 g/mol. The predicted molar refractivity (Wildman–Crippen MR) is 82.7 cm³/mol. The summed E-state index contributed by atoms with van der Waals surface area (Å²) < 4.78 is 13.0. The number of amides is 1. The van der Waals surface area contributed by atoms with E-state index in [0.29, 0.717) is 11.3 Å². The Kier molecular flexibility index (Phi) is 4.80. The van der Waals surface area contributed by atoms with Crippen LogP contribution in [0.1, 0.15) is 35.8 Å². The zero-order valence-electron chi connectivity index (χ0n) is 11.5. The van der Waals surface area contributed by atoms with Gasteiger partial charge in [0.1, 0.15) is 11.0 Å². The Hall–Kier alpha value is -1.65. The minimum Gasteiger partial charge on any atom is -0.321 e. The van der Waals surface area contributed by atoms with Crippen molar-refractivity contribution in [2.24, 2.45) is 0 Å². The molecule has 2 rings (SSSR count). The van der Waals surface area contributed by atoms with Crippen LogP contribution in [-0.4, -0.2) is 10.9 Å². The molecule has 0 atom stereocenters. The van der Waals surface area contributed by atoms with Crippen LogP contribution in [0.15, 0.2) is 30.3 Å². The van der Waals surface area contributed by atoms with Crippen molar-refractivity contribution in [1.82, 2.24) is 4.98 Å². The average Bonchev–Trinajstić information content (AvgIpc) is 2.41. The number of anilines is 1. The third kappa shape index (κ3) is 3.93. The fraction of sp³-hybridized carbons (Fsp3) is 0.200. The van der Waals surface area contributed by atoms with Gasteiger partial charge in [-0.1, -0.05) is 37.0 Å². The lowest BCUT2D eigenvalue weighted by Gasteiger charge is -2.10. The molecule has 1 N–H and O–H groups in total. The van der Waals surface area contributed by atoms with Gasteiger partial charge in [0.15, 0.2) is 0 Å². The maximum Gasteiger partial charge on any atom is 0.255 e. The van der Waals surface area contributed by atoms with E-state index in [2.05, 4.69) is 10.3 Å². The Morgan fingerprint density at radius 1 is 1.24 bits per heavy atom. The Bertz CT molecular complexity index is 689. The smallest absolute Gasteiger partial charge is 0.255 e. The topological polar surface area (TPSA) is 42.0 Å².